The van der Waals surface area contributed by atoms with Crippen molar-refractivity contribution in [3.8, 4) is 0 Å². The molecule has 1 unspecified atom stereocenters. The molecule has 0 spiro atoms. The van der Waals surface area contributed by atoms with Crippen molar-refractivity contribution in [3.05, 3.63) is 24.0 Å². The Kier molecular flexibility index (Phi) is 3.99. The fourth-order valence-electron chi connectivity index (χ4n) is 2.32. The molecule has 0 amide bonds. The van der Waals surface area contributed by atoms with Crippen LogP contribution in [0.4, 0.5) is 18.9 Å². The SMILES string of the molecule is CC(N)c1ccc(N2CCC(C(F)(F)F)CC2)cn1. The Morgan fingerprint density at radius 1 is 1.32 bits per heavy atom. The molecule has 0 bridgehead atoms. The van der Waals surface area contributed by atoms with E-state index in [1.165, 1.54) is 0 Å². The van der Waals surface area contributed by atoms with Gasteiger partial charge in [0.05, 0.1) is 23.5 Å². The third kappa shape index (κ3) is 3.37. The summed E-state index contributed by atoms with van der Waals surface area (Å²) in [5.74, 6) is -1.17. The lowest BCUT2D eigenvalue weighted by molar-refractivity contribution is -0.179. The van der Waals surface area contributed by atoms with E-state index in [0.29, 0.717) is 13.1 Å². The number of halogens is 3. The van der Waals surface area contributed by atoms with E-state index in [4.69, 9.17) is 5.73 Å². The number of pyridine rings is 1. The van der Waals surface area contributed by atoms with Crippen LogP contribution in [0.15, 0.2) is 18.3 Å². The minimum absolute atomic E-state index is 0.134. The van der Waals surface area contributed by atoms with Gasteiger partial charge in [-0.15, -0.1) is 0 Å². The summed E-state index contributed by atoms with van der Waals surface area (Å²) in [6, 6.07) is 3.57. The Balaban J connectivity index is 1.98. The number of nitrogens with two attached hydrogens (primary N) is 1. The van der Waals surface area contributed by atoms with Crippen molar-refractivity contribution in [3.63, 3.8) is 0 Å². The van der Waals surface area contributed by atoms with Crippen molar-refractivity contribution in [2.45, 2.75) is 32.0 Å². The van der Waals surface area contributed by atoms with Gasteiger partial charge in [0.1, 0.15) is 0 Å². The predicted molar refractivity (Wildman–Crippen MR) is 67.8 cm³/mol. The van der Waals surface area contributed by atoms with Crippen LogP contribution in [0.3, 0.4) is 0 Å². The number of rotatable bonds is 2. The number of piperidine rings is 1. The average Bonchev–Trinajstić information content (AvgIpc) is 2.38. The first-order valence-corrected chi connectivity index (χ1v) is 6.41. The molecule has 1 saturated heterocycles. The molecule has 1 aromatic heterocycles. The molecule has 1 atom stereocenters. The van der Waals surface area contributed by atoms with E-state index in [-0.39, 0.29) is 18.9 Å². The topological polar surface area (TPSA) is 42.1 Å². The molecule has 2 N–H and O–H groups in total. The Morgan fingerprint density at radius 3 is 2.37 bits per heavy atom. The lowest BCUT2D eigenvalue weighted by Crippen LogP contribution is -2.39. The van der Waals surface area contributed by atoms with E-state index in [1.54, 1.807) is 6.20 Å². The molecule has 0 radical (unpaired) electrons. The molecule has 0 aliphatic carbocycles. The highest BCUT2D eigenvalue weighted by Crippen LogP contribution is 2.35. The highest BCUT2D eigenvalue weighted by atomic mass is 19.4. The van der Waals surface area contributed by atoms with Crippen molar-refractivity contribution in [1.29, 1.82) is 0 Å². The van der Waals surface area contributed by atoms with Gasteiger partial charge in [-0.05, 0) is 31.9 Å². The summed E-state index contributed by atoms with van der Waals surface area (Å²) in [6.45, 7) is 2.68. The van der Waals surface area contributed by atoms with Crippen LogP contribution in [-0.4, -0.2) is 24.2 Å². The second-order valence-corrected chi connectivity index (χ2v) is 5.03. The largest absolute Gasteiger partial charge is 0.391 e. The lowest BCUT2D eigenvalue weighted by atomic mass is 9.96. The Hall–Kier alpha value is -1.30. The lowest BCUT2D eigenvalue weighted by Gasteiger charge is -2.34. The highest BCUT2D eigenvalue weighted by Gasteiger charge is 2.41. The second-order valence-electron chi connectivity index (χ2n) is 5.03. The smallest absolute Gasteiger partial charge is 0.370 e. The maximum atomic E-state index is 12.6. The van der Waals surface area contributed by atoms with E-state index in [9.17, 15) is 13.2 Å². The molecule has 106 valence electrons. The van der Waals surface area contributed by atoms with Gasteiger partial charge in [-0.3, -0.25) is 4.98 Å². The maximum Gasteiger partial charge on any atom is 0.391 e. The first-order valence-electron chi connectivity index (χ1n) is 6.41. The predicted octanol–water partition coefficient (Wildman–Crippen LogP) is 2.88. The summed E-state index contributed by atoms with van der Waals surface area (Å²) in [7, 11) is 0. The first kappa shape index (κ1) is 14.1. The van der Waals surface area contributed by atoms with E-state index in [2.05, 4.69) is 4.98 Å². The molecule has 0 saturated carbocycles. The normalized spacial score (nSPS) is 19.5. The monoisotopic (exact) mass is 273 g/mol. The van der Waals surface area contributed by atoms with Gasteiger partial charge < -0.3 is 10.6 Å². The zero-order valence-electron chi connectivity index (χ0n) is 10.8. The van der Waals surface area contributed by atoms with Gasteiger partial charge in [0.25, 0.3) is 0 Å². The van der Waals surface area contributed by atoms with Gasteiger partial charge in [0.15, 0.2) is 0 Å². The Labute approximate surface area is 110 Å². The van der Waals surface area contributed by atoms with Crippen LogP contribution in [0.2, 0.25) is 0 Å². The second kappa shape index (κ2) is 5.36. The fraction of sp³-hybridized carbons (Fsp3) is 0.615. The number of aromatic nitrogens is 1. The summed E-state index contributed by atoms with van der Waals surface area (Å²) >= 11 is 0. The van der Waals surface area contributed by atoms with Gasteiger partial charge in [0, 0.05) is 19.1 Å². The number of alkyl halides is 3. The van der Waals surface area contributed by atoms with Crippen LogP contribution in [0, 0.1) is 5.92 Å². The van der Waals surface area contributed by atoms with Gasteiger partial charge in [-0.1, -0.05) is 0 Å². The van der Waals surface area contributed by atoms with E-state index in [1.807, 2.05) is 24.0 Å². The zero-order valence-corrected chi connectivity index (χ0v) is 10.8. The van der Waals surface area contributed by atoms with Gasteiger partial charge in [-0.25, -0.2) is 0 Å². The van der Waals surface area contributed by atoms with Crippen molar-refractivity contribution in [2.75, 3.05) is 18.0 Å². The van der Waals surface area contributed by atoms with Crippen molar-refractivity contribution >= 4 is 5.69 Å². The van der Waals surface area contributed by atoms with Crippen LogP contribution < -0.4 is 10.6 Å². The van der Waals surface area contributed by atoms with Gasteiger partial charge in [0.2, 0.25) is 0 Å². The molecule has 6 heteroatoms. The molecule has 1 aliphatic rings. The summed E-state index contributed by atoms with van der Waals surface area (Å²) in [5.41, 5.74) is 7.36. The molecule has 1 aromatic rings. The number of nitrogens with zero attached hydrogens (tertiary/aromatic N) is 2. The molecular formula is C13H18F3N3. The van der Waals surface area contributed by atoms with Gasteiger partial charge >= 0.3 is 6.18 Å². The Morgan fingerprint density at radius 2 is 1.95 bits per heavy atom. The standard InChI is InChI=1S/C13H18F3N3/c1-9(17)12-3-2-11(8-18-12)19-6-4-10(5-7-19)13(14,15)16/h2-3,8-10H,4-7,17H2,1H3. The minimum Gasteiger partial charge on any atom is -0.370 e. The van der Waals surface area contributed by atoms with Crippen LogP contribution in [0.5, 0.6) is 0 Å². The maximum absolute atomic E-state index is 12.6. The molecular weight excluding hydrogens is 255 g/mol. The molecule has 0 aromatic carbocycles. The summed E-state index contributed by atoms with van der Waals surface area (Å²) in [4.78, 5) is 6.18. The molecule has 1 fully saturated rings. The third-order valence-corrected chi connectivity index (χ3v) is 3.56. The number of hydrogen-bond acceptors (Lipinski definition) is 3. The van der Waals surface area contributed by atoms with E-state index >= 15 is 0 Å². The van der Waals surface area contributed by atoms with Crippen LogP contribution in [-0.2, 0) is 0 Å². The Bertz CT molecular complexity index is 406. The summed E-state index contributed by atoms with van der Waals surface area (Å²) < 4.78 is 37.7. The number of anilines is 1. The average molecular weight is 273 g/mol. The molecule has 3 nitrogen and oxygen atoms in total. The van der Waals surface area contributed by atoms with Crippen molar-refractivity contribution in [1.82, 2.24) is 4.98 Å². The molecule has 1 aliphatic heterocycles. The quantitative estimate of drug-likeness (QED) is 0.901. The first-order chi connectivity index (χ1) is 8.88. The van der Waals surface area contributed by atoms with Crippen molar-refractivity contribution < 1.29 is 13.2 Å². The van der Waals surface area contributed by atoms with Gasteiger partial charge in [-0.2, -0.15) is 13.2 Å². The summed E-state index contributed by atoms with van der Waals surface area (Å²) in [6.07, 6.45) is -2.08. The van der Waals surface area contributed by atoms with E-state index in [0.717, 1.165) is 11.4 Å². The number of hydrogen-bond donors (Lipinski definition) is 1. The molecule has 2 heterocycles. The third-order valence-electron chi connectivity index (χ3n) is 3.56. The summed E-state index contributed by atoms with van der Waals surface area (Å²) in [5, 5.41) is 0. The molecule has 2 rings (SSSR count). The molecule has 19 heavy (non-hydrogen) atoms. The van der Waals surface area contributed by atoms with Crippen LogP contribution in [0.1, 0.15) is 31.5 Å². The van der Waals surface area contributed by atoms with Crippen LogP contribution >= 0.6 is 0 Å². The van der Waals surface area contributed by atoms with Crippen molar-refractivity contribution in [2.24, 2.45) is 11.7 Å². The van der Waals surface area contributed by atoms with E-state index < -0.39 is 12.1 Å². The highest BCUT2D eigenvalue weighted by molar-refractivity contribution is 5.45. The van der Waals surface area contributed by atoms with Crippen LogP contribution in [0.25, 0.3) is 0 Å². The zero-order chi connectivity index (χ0) is 14.0. The minimum atomic E-state index is -4.07. The fourth-order valence-corrected chi connectivity index (χ4v) is 2.32.